The number of aromatic nitrogens is 4. The van der Waals surface area contributed by atoms with Crippen molar-refractivity contribution < 1.29 is 13.6 Å². The van der Waals surface area contributed by atoms with Crippen molar-refractivity contribution in [2.24, 2.45) is 0 Å². The second kappa shape index (κ2) is 6.17. The van der Waals surface area contributed by atoms with Crippen LogP contribution in [0.2, 0.25) is 0 Å². The van der Waals surface area contributed by atoms with Crippen LogP contribution in [0.1, 0.15) is 12.3 Å². The van der Waals surface area contributed by atoms with Gasteiger partial charge in [0, 0.05) is 18.4 Å². The van der Waals surface area contributed by atoms with Crippen molar-refractivity contribution in [3.8, 4) is 11.3 Å². The van der Waals surface area contributed by atoms with E-state index in [0.717, 1.165) is 5.56 Å². The van der Waals surface area contributed by atoms with E-state index in [-0.39, 0.29) is 18.1 Å². The highest BCUT2D eigenvalue weighted by atomic mass is 19.1. The Morgan fingerprint density at radius 1 is 1.27 bits per heavy atom. The van der Waals surface area contributed by atoms with Crippen LogP contribution in [-0.2, 0) is 11.2 Å². The number of aryl methyl sites for hydroxylation is 1. The number of rotatable bonds is 5. The van der Waals surface area contributed by atoms with E-state index in [1.165, 1.54) is 18.5 Å². The normalized spacial score (nSPS) is 10.6. The van der Waals surface area contributed by atoms with Gasteiger partial charge in [-0.1, -0.05) is 0 Å². The van der Waals surface area contributed by atoms with Crippen molar-refractivity contribution in [3.63, 3.8) is 0 Å². The van der Waals surface area contributed by atoms with Gasteiger partial charge in [-0.3, -0.25) is 10.1 Å². The first-order valence-electron chi connectivity index (χ1n) is 6.56. The van der Waals surface area contributed by atoms with Crippen molar-refractivity contribution in [2.45, 2.75) is 12.8 Å². The number of hydrogen-bond donors (Lipinski definition) is 2. The lowest BCUT2D eigenvalue weighted by Crippen LogP contribution is -2.13. The average molecular weight is 301 g/mol. The third-order valence-corrected chi connectivity index (χ3v) is 2.92. The van der Waals surface area contributed by atoms with E-state index in [1.54, 1.807) is 18.3 Å². The third kappa shape index (κ3) is 3.35. The maximum atomic E-state index is 12.9. The number of aromatic amines is 1. The topological polar surface area (TPSA) is 96.7 Å². The molecule has 1 amide bonds. The maximum Gasteiger partial charge on any atom is 0.227 e. The number of benzene rings is 1. The molecule has 3 rings (SSSR count). The lowest BCUT2D eigenvalue weighted by atomic mass is 10.2. The molecule has 0 fully saturated rings. The van der Waals surface area contributed by atoms with Crippen LogP contribution in [0, 0.1) is 5.82 Å². The number of nitrogens with zero attached hydrogens (tertiary/aromatic N) is 3. The van der Waals surface area contributed by atoms with Crippen LogP contribution >= 0.6 is 0 Å². The second-order valence-corrected chi connectivity index (χ2v) is 4.51. The Morgan fingerprint density at radius 2 is 2.09 bits per heavy atom. The molecule has 8 heteroatoms. The predicted octanol–water partition coefficient (Wildman–Crippen LogP) is 2.17. The number of H-pyrrole nitrogens is 1. The van der Waals surface area contributed by atoms with E-state index in [9.17, 15) is 9.18 Å². The Kier molecular flexibility index (Phi) is 3.90. The first kappa shape index (κ1) is 13.9. The summed E-state index contributed by atoms with van der Waals surface area (Å²) in [5, 5.41) is 8.72. The largest absolute Gasteiger partial charge is 0.441 e. The third-order valence-electron chi connectivity index (χ3n) is 2.92. The molecule has 112 valence electrons. The molecular weight excluding hydrogens is 289 g/mol. The summed E-state index contributed by atoms with van der Waals surface area (Å²) in [6.45, 7) is 0. The average Bonchev–Trinajstić information content (AvgIpc) is 3.17. The van der Waals surface area contributed by atoms with Gasteiger partial charge in [-0.05, 0) is 24.3 Å². The standard InChI is InChI=1S/C14H12FN5O2/c15-10-3-1-9(2-4-10)11-7-16-13(22-11)6-5-12(21)19-14-17-8-18-20-14/h1-4,7-8H,5-6H2,(H2,17,18,19,20,21). The highest BCUT2D eigenvalue weighted by Gasteiger charge is 2.10. The van der Waals surface area contributed by atoms with Gasteiger partial charge in [-0.25, -0.2) is 14.5 Å². The van der Waals surface area contributed by atoms with Gasteiger partial charge in [0.25, 0.3) is 0 Å². The zero-order valence-electron chi connectivity index (χ0n) is 11.4. The molecule has 0 saturated carbocycles. The van der Waals surface area contributed by atoms with E-state index in [2.05, 4.69) is 25.5 Å². The SMILES string of the molecule is O=C(CCc1ncc(-c2ccc(F)cc2)o1)Nc1ncn[nH]1. The van der Waals surface area contributed by atoms with Crippen LogP contribution in [-0.4, -0.2) is 26.1 Å². The summed E-state index contributed by atoms with van der Waals surface area (Å²) >= 11 is 0. The number of nitrogens with one attached hydrogen (secondary N) is 2. The van der Waals surface area contributed by atoms with E-state index >= 15 is 0 Å². The summed E-state index contributed by atoms with van der Waals surface area (Å²) in [6, 6.07) is 5.91. The lowest BCUT2D eigenvalue weighted by Gasteiger charge is -1.99. The monoisotopic (exact) mass is 301 g/mol. The molecule has 3 aromatic rings. The molecule has 0 saturated heterocycles. The van der Waals surface area contributed by atoms with Crippen LogP contribution < -0.4 is 5.32 Å². The molecule has 0 unspecified atom stereocenters. The number of amides is 1. The smallest absolute Gasteiger partial charge is 0.227 e. The molecule has 0 bridgehead atoms. The number of oxazole rings is 1. The van der Waals surface area contributed by atoms with Gasteiger partial charge in [0.1, 0.15) is 12.1 Å². The van der Waals surface area contributed by atoms with Crippen molar-refractivity contribution in [3.05, 3.63) is 48.5 Å². The Bertz CT molecular complexity index is 752. The fraction of sp³-hybridized carbons (Fsp3) is 0.143. The summed E-state index contributed by atoms with van der Waals surface area (Å²) in [4.78, 5) is 19.6. The minimum absolute atomic E-state index is 0.198. The van der Waals surface area contributed by atoms with Crippen LogP contribution in [0.15, 0.2) is 41.2 Å². The summed E-state index contributed by atoms with van der Waals surface area (Å²) in [5.74, 6) is 0.730. The fourth-order valence-corrected chi connectivity index (χ4v) is 1.85. The number of halogens is 1. The highest BCUT2D eigenvalue weighted by Crippen LogP contribution is 2.21. The molecule has 1 aromatic carbocycles. The van der Waals surface area contributed by atoms with Gasteiger partial charge in [0.05, 0.1) is 6.20 Å². The van der Waals surface area contributed by atoms with Crippen LogP contribution in [0.4, 0.5) is 10.3 Å². The van der Waals surface area contributed by atoms with Crippen molar-refractivity contribution >= 4 is 11.9 Å². The quantitative estimate of drug-likeness (QED) is 0.752. The van der Waals surface area contributed by atoms with Gasteiger partial charge >= 0.3 is 0 Å². The highest BCUT2D eigenvalue weighted by molar-refractivity contribution is 5.88. The molecule has 0 radical (unpaired) electrons. The Morgan fingerprint density at radius 3 is 2.82 bits per heavy atom. The van der Waals surface area contributed by atoms with E-state index in [4.69, 9.17) is 4.42 Å². The molecule has 0 aliphatic heterocycles. The first-order chi connectivity index (χ1) is 10.7. The predicted molar refractivity (Wildman–Crippen MR) is 75.2 cm³/mol. The maximum absolute atomic E-state index is 12.9. The van der Waals surface area contributed by atoms with E-state index in [0.29, 0.717) is 24.0 Å². The molecule has 2 N–H and O–H groups in total. The van der Waals surface area contributed by atoms with E-state index in [1.807, 2.05) is 0 Å². The summed E-state index contributed by atoms with van der Waals surface area (Å²) in [7, 11) is 0. The first-order valence-corrected chi connectivity index (χ1v) is 6.56. The Hall–Kier alpha value is -3.03. The molecule has 22 heavy (non-hydrogen) atoms. The van der Waals surface area contributed by atoms with Crippen LogP contribution in [0.3, 0.4) is 0 Å². The van der Waals surface area contributed by atoms with E-state index < -0.39 is 0 Å². The zero-order chi connectivity index (χ0) is 15.4. The zero-order valence-corrected chi connectivity index (χ0v) is 11.4. The minimum atomic E-state index is -0.312. The van der Waals surface area contributed by atoms with Crippen molar-refractivity contribution in [2.75, 3.05) is 5.32 Å². The summed E-state index contributed by atoms with van der Waals surface area (Å²) in [6.07, 6.45) is 3.40. The van der Waals surface area contributed by atoms with Crippen molar-refractivity contribution in [1.29, 1.82) is 0 Å². The Balaban J connectivity index is 1.57. The molecule has 0 spiro atoms. The van der Waals surface area contributed by atoms with Gasteiger partial charge in [0.15, 0.2) is 11.7 Å². The number of hydrogen-bond acceptors (Lipinski definition) is 5. The van der Waals surface area contributed by atoms with Gasteiger partial charge in [0.2, 0.25) is 11.9 Å². The lowest BCUT2D eigenvalue weighted by molar-refractivity contribution is -0.116. The van der Waals surface area contributed by atoms with Crippen LogP contribution in [0.25, 0.3) is 11.3 Å². The number of anilines is 1. The van der Waals surface area contributed by atoms with Crippen molar-refractivity contribution in [1.82, 2.24) is 20.2 Å². The van der Waals surface area contributed by atoms with Gasteiger partial charge < -0.3 is 4.42 Å². The van der Waals surface area contributed by atoms with Crippen LogP contribution in [0.5, 0.6) is 0 Å². The molecule has 7 nitrogen and oxygen atoms in total. The molecule has 0 aliphatic carbocycles. The molecule has 2 aromatic heterocycles. The Labute approximate surface area is 124 Å². The number of carbonyl (C=O) groups is 1. The minimum Gasteiger partial charge on any atom is -0.441 e. The van der Waals surface area contributed by atoms with Gasteiger partial charge in [-0.15, -0.1) is 0 Å². The molecular formula is C14H12FN5O2. The fourth-order valence-electron chi connectivity index (χ4n) is 1.85. The molecule has 0 aliphatic rings. The summed E-state index contributed by atoms with van der Waals surface area (Å²) in [5.41, 5.74) is 0.728. The molecule has 0 atom stereocenters. The number of carbonyl (C=O) groups excluding carboxylic acids is 1. The second-order valence-electron chi connectivity index (χ2n) is 4.51. The molecule has 2 heterocycles. The summed E-state index contributed by atoms with van der Waals surface area (Å²) < 4.78 is 18.4. The van der Waals surface area contributed by atoms with Gasteiger partial charge in [-0.2, -0.15) is 10.1 Å².